The molecule has 0 aliphatic carbocycles. The van der Waals surface area contributed by atoms with Crippen LogP contribution < -0.4 is 0 Å². The maximum Gasteiger partial charge on any atom is 0.0504 e. The Hall–Kier alpha value is -0.770. The molecule has 0 saturated carbocycles. The van der Waals surface area contributed by atoms with Crippen LogP contribution in [0.2, 0.25) is 0 Å². The van der Waals surface area contributed by atoms with Crippen LogP contribution in [0.1, 0.15) is 6.42 Å². The molecule has 0 aromatic rings. The van der Waals surface area contributed by atoms with E-state index in [1.165, 1.54) is 0 Å². The normalized spacial score (nSPS) is 19.4. The first-order valence-electron chi connectivity index (χ1n) is 4.24. The van der Waals surface area contributed by atoms with Crippen LogP contribution in [0.3, 0.4) is 0 Å². The van der Waals surface area contributed by atoms with Gasteiger partial charge in [0.1, 0.15) is 0 Å². The molecule has 5 heteroatoms. The molecule has 0 amide bonds. The standard InChI is InChI=1S/C7H15N5/c1-11-5-6-12(7-11)4-2-3-9-10-8/h2-7H2,1H3. The van der Waals surface area contributed by atoms with Gasteiger partial charge in [0, 0.05) is 24.5 Å². The smallest absolute Gasteiger partial charge is 0.0504 e. The minimum Gasteiger partial charge on any atom is -0.292 e. The summed E-state index contributed by atoms with van der Waals surface area (Å²) in [6.45, 7) is 5.02. The quantitative estimate of drug-likeness (QED) is 0.271. The Labute approximate surface area is 72.6 Å². The van der Waals surface area contributed by atoms with E-state index >= 15 is 0 Å². The SMILES string of the molecule is CN1CCN(CCCN=[N+]=[N-])C1. The summed E-state index contributed by atoms with van der Waals surface area (Å²) in [6.07, 6.45) is 0.970. The van der Waals surface area contributed by atoms with Gasteiger partial charge in [-0.15, -0.1) is 0 Å². The van der Waals surface area contributed by atoms with Crippen LogP contribution in [-0.2, 0) is 0 Å². The van der Waals surface area contributed by atoms with E-state index in [-0.39, 0.29) is 0 Å². The molecule has 1 aliphatic heterocycles. The zero-order valence-corrected chi connectivity index (χ0v) is 7.48. The highest BCUT2D eigenvalue weighted by molar-refractivity contribution is 4.67. The molecule has 1 fully saturated rings. The summed E-state index contributed by atoms with van der Waals surface area (Å²) in [6, 6.07) is 0. The first-order chi connectivity index (χ1) is 5.83. The molecule has 0 radical (unpaired) electrons. The van der Waals surface area contributed by atoms with Gasteiger partial charge < -0.3 is 0 Å². The fourth-order valence-corrected chi connectivity index (χ4v) is 1.39. The first-order valence-corrected chi connectivity index (χ1v) is 4.24. The van der Waals surface area contributed by atoms with Crippen molar-refractivity contribution in [2.45, 2.75) is 6.42 Å². The molecular weight excluding hydrogens is 154 g/mol. The van der Waals surface area contributed by atoms with E-state index in [1.807, 2.05) is 0 Å². The van der Waals surface area contributed by atoms with Crippen molar-refractivity contribution in [2.75, 3.05) is 39.9 Å². The van der Waals surface area contributed by atoms with Gasteiger partial charge >= 0.3 is 0 Å². The predicted molar refractivity (Wildman–Crippen MR) is 47.7 cm³/mol. The molecule has 0 unspecified atom stereocenters. The zero-order valence-electron chi connectivity index (χ0n) is 7.48. The highest BCUT2D eigenvalue weighted by Crippen LogP contribution is 2.02. The maximum atomic E-state index is 8.04. The molecule has 0 N–H and O–H groups in total. The van der Waals surface area contributed by atoms with Crippen LogP contribution in [0, 0.1) is 0 Å². The summed E-state index contributed by atoms with van der Waals surface area (Å²) in [5.41, 5.74) is 8.04. The van der Waals surface area contributed by atoms with Crippen LogP contribution in [0.25, 0.3) is 10.4 Å². The average molecular weight is 169 g/mol. The van der Waals surface area contributed by atoms with E-state index in [1.54, 1.807) is 0 Å². The largest absolute Gasteiger partial charge is 0.292 e. The summed E-state index contributed by atoms with van der Waals surface area (Å²) < 4.78 is 0. The number of rotatable bonds is 4. The first kappa shape index (κ1) is 9.32. The van der Waals surface area contributed by atoms with Crippen LogP contribution in [0.15, 0.2) is 5.11 Å². The summed E-state index contributed by atoms with van der Waals surface area (Å²) in [5, 5.41) is 3.49. The predicted octanol–water partition coefficient (Wildman–Crippen LogP) is 0.892. The molecule has 0 atom stereocenters. The van der Waals surface area contributed by atoms with E-state index in [0.717, 1.165) is 32.7 Å². The molecular formula is C7H15N5. The van der Waals surface area contributed by atoms with Crippen molar-refractivity contribution in [2.24, 2.45) is 5.11 Å². The Morgan fingerprint density at radius 3 is 2.92 bits per heavy atom. The van der Waals surface area contributed by atoms with Gasteiger partial charge in [0.2, 0.25) is 0 Å². The molecule has 0 aromatic carbocycles. The van der Waals surface area contributed by atoms with Crippen LogP contribution in [0.5, 0.6) is 0 Å². The van der Waals surface area contributed by atoms with Gasteiger partial charge in [0.05, 0.1) is 6.67 Å². The van der Waals surface area contributed by atoms with Crippen LogP contribution in [0.4, 0.5) is 0 Å². The Bertz CT molecular complexity index is 175. The fraction of sp³-hybridized carbons (Fsp3) is 1.00. The minimum absolute atomic E-state index is 0.622. The Morgan fingerprint density at radius 2 is 2.33 bits per heavy atom. The van der Waals surface area contributed by atoms with E-state index in [9.17, 15) is 0 Å². The third-order valence-electron chi connectivity index (χ3n) is 2.04. The second-order valence-electron chi connectivity index (χ2n) is 3.15. The van der Waals surface area contributed by atoms with Crippen molar-refractivity contribution in [3.63, 3.8) is 0 Å². The Balaban J connectivity index is 2.04. The lowest BCUT2D eigenvalue weighted by Crippen LogP contribution is -2.24. The number of hydrogen-bond donors (Lipinski definition) is 0. The van der Waals surface area contributed by atoms with Crippen molar-refractivity contribution in [3.8, 4) is 0 Å². The topological polar surface area (TPSA) is 55.2 Å². The second-order valence-corrected chi connectivity index (χ2v) is 3.15. The zero-order chi connectivity index (χ0) is 8.81. The van der Waals surface area contributed by atoms with Crippen molar-refractivity contribution in [1.82, 2.24) is 9.80 Å². The number of nitrogens with zero attached hydrogens (tertiary/aromatic N) is 5. The monoisotopic (exact) mass is 169 g/mol. The lowest BCUT2D eigenvalue weighted by molar-refractivity contribution is 0.273. The van der Waals surface area contributed by atoms with E-state index in [2.05, 4.69) is 26.9 Å². The molecule has 0 aromatic heterocycles. The van der Waals surface area contributed by atoms with Gasteiger partial charge in [0.15, 0.2) is 0 Å². The lowest BCUT2D eigenvalue weighted by Gasteiger charge is -2.13. The second kappa shape index (κ2) is 4.98. The molecule has 5 nitrogen and oxygen atoms in total. The Morgan fingerprint density at radius 1 is 1.50 bits per heavy atom. The molecule has 0 bridgehead atoms. The number of likely N-dealkylation sites (N-methyl/N-ethyl adjacent to an activating group) is 1. The van der Waals surface area contributed by atoms with Gasteiger partial charge in [-0.05, 0) is 25.5 Å². The van der Waals surface area contributed by atoms with E-state index in [4.69, 9.17) is 5.53 Å². The van der Waals surface area contributed by atoms with Gasteiger partial charge in [-0.1, -0.05) is 5.11 Å². The summed E-state index contributed by atoms with van der Waals surface area (Å²) in [5.74, 6) is 0. The summed E-state index contributed by atoms with van der Waals surface area (Å²) in [4.78, 5) is 7.36. The lowest BCUT2D eigenvalue weighted by atomic mass is 10.4. The molecule has 1 rings (SSSR count). The van der Waals surface area contributed by atoms with E-state index in [0.29, 0.717) is 6.54 Å². The third kappa shape index (κ3) is 3.09. The fourth-order valence-electron chi connectivity index (χ4n) is 1.39. The van der Waals surface area contributed by atoms with E-state index < -0.39 is 0 Å². The van der Waals surface area contributed by atoms with Crippen LogP contribution in [-0.4, -0.2) is 49.7 Å². The van der Waals surface area contributed by atoms with Gasteiger partial charge in [-0.25, -0.2) is 0 Å². The third-order valence-corrected chi connectivity index (χ3v) is 2.04. The minimum atomic E-state index is 0.622. The highest BCUT2D eigenvalue weighted by Gasteiger charge is 2.14. The molecule has 12 heavy (non-hydrogen) atoms. The molecule has 68 valence electrons. The van der Waals surface area contributed by atoms with Gasteiger partial charge in [-0.3, -0.25) is 9.80 Å². The van der Waals surface area contributed by atoms with Gasteiger partial charge in [-0.2, -0.15) is 0 Å². The summed E-state index contributed by atoms with van der Waals surface area (Å²) >= 11 is 0. The molecule has 1 saturated heterocycles. The average Bonchev–Trinajstić information content (AvgIpc) is 2.45. The molecule has 1 heterocycles. The van der Waals surface area contributed by atoms with Gasteiger partial charge in [0.25, 0.3) is 0 Å². The van der Waals surface area contributed by atoms with Crippen molar-refractivity contribution in [3.05, 3.63) is 10.4 Å². The van der Waals surface area contributed by atoms with Crippen molar-refractivity contribution < 1.29 is 0 Å². The van der Waals surface area contributed by atoms with Crippen molar-refractivity contribution in [1.29, 1.82) is 0 Å². The number of azide groups is 1. The van der Waals surface area contributed by atoms with Crippen molar-refractivity contribution >= 4 is 0 Å². The van der Waals surface area contributed by atoms with Crippen LogP contribution >= 0.6 is 0 Å². The summed E-state index contributed by atoms with van der Waals surface area (Å²) in [7, 11) is 2.12. The number of hydrogen-bond acceptors (Lipinski definition) is 3. The molecule has 1 aliphatic rings. The Kier molecular flexibility index (Phi) is 3.87. The molecule has 0 spiro atoms. The highest BCUT2D eigenvalue weighted by atomic mass is 15.4. The maximum absolute atomic E-state index is 8.04.